The molecule has 0 amide bonds. The Morgan fingerprint density at radius 3 is 2.20 bits per heavy atom. The van der Waals surface area contributed by atoms with Gasteiger partial charge in [0.05, 0.1) is 16.6 Å². The molecular weight excluding hydrogens is 214 g/mol. The summed E-state index contributed by atoms with van der Waals surface area (Å²) in [5.74, 6) is 0.149. The quantitative estimate of drug-likeness (QED) is 0.663. The summed E-state index contributed by atoms with van der Waals surface area (Å²) in [4.78, 5) is 0. The maximum absolute atomic E-state index is 11.7. The SMILES string of the molecule is CC(O)CCNCCS(=O)(=O)C(C)(C)C. The van der Waals surface area contributed by atoms with Gasteiger partial charge in [0, 0.05) is 6.54 Å². The summed E-state index contributed by atoms with van der Waals surface area (Å²) in [5, 5.41) is 12.0. The molecule has 0 aromatic rings. The van der Waals surface area contributed by atoms with Crippen molar-refractivity contribution < 1.29 is 13.5 Å². The van der Waals surface area contributed by atoms with Gasteiger partial charge in [0.1, 0.15) is 0 Å². The number of rotatable bonds is 6. The Morgan fingerprint density at radius 2 is 1.80 bits per heavy atom. The van der Waals surface area contributed by atoms with Crippen LogP contribution in [0.2, 0.25) is 0 Å². The fraction of sp³-hybridized carbons (Fsp3) is 1.00. The Bertz CT molecular complexity index is 265. The number of hydrogen-bond acceptors (Lipinski definition) is 4. The predicted molar refractivity (Wildman–Crippen MR) is 62.7 cm³/mol. The maximum atomic E-state index is 11.7. The van der Waals surface area contributed by atoms with Crippen molar-refractivity contribution in [1.29, 1.82) is 0 Å². The molecule has 92 valence electrons. The summed E-state index contributed by atoms with van der Waals surface area (Å²) < 4.78 is 22.6. The van der Waals surface area contributed by atoms with E-state index in [1.54, 1.807) is 27.7 Å². The second-order valence-electron chi connectivity index (χ2n) is 4.82. The van der Waals surface area contributed by atoms with Crippen molar-refractivity contribution >= 4 is 9.84 Å². The molecule has 0 rings (SSSR count). The van der Waals surface area contributed by atoms with Crippen molar-refractivity contribution in [1.82, 2.24) is 5.32 Å². The summed E-state index contributed by atoms with van der Waals surface area (Å²) in [6.45, 7) is 7.94. The summed E-state index contributed by atoms with van der Waals surface area (Å²) >= 11 is 0. The van der Waals surface area contributed by atoms with E-state index in [4.69, 9.17) is 5.11 Å². The summed E-state index contributed by atoms with van der Waals surface area (Å²) in [7, 11) is -3.02. The highest BCUT2D eigenvalue weighted by molar-refractivity contribution is 7.92. The zero-order valence-corrected chi connectivity index (χ0v) is 10.9. The van der Waals surface area contributed by atoms with Gasteiger partial charge in [-0.05, 0) is 40.7 Å². The number of nitrogens with one attached hydrogen (secondary N) is 1. The molecule has 0 saturated carbocycles. The van der Waals surface area contributed by atoms with Gasteiger partial charge in [0.25, 0.3) is 0 Å². The summed E-state index contributed by atoms with van der Waals surface area (Å²) in [6.07, 6.45) is 0.312. The van der Waals surface area contributed by atoms with E-state index in [-0.39, 0.29) is 11.9 Å². The van der Waals surface area contributed by atoms with Gasteiger partial charge in [-0.25, -0.2) is 8.42 Å². The molecule has 0 bridgehead atoms. The average molecular weight is 237 g/mol. The van der Waals surface area contributed by atoms with Gasteiger partial charge >= 0.3 is 0 Å². The van der Waals surface area contributed by atoms with E-state index < -0.39 is 14.6 Å². The van der Waals surface area contributed by atoms with Crippen molar-refractivity contribution in [3.63, 3.8) is 0 Å². The monoisotopic (exact) mass is 237 g/mol. The van der Waals surface area contributed by atoms with Gasteiger partial charge in [-0.1, -0.05) is 0 Å². The van der Waals surface area contributed by atoms with Gasteiger partial charge in [0.15, 0.2) is 9.84 Å². The molecule has 0 aromatic carbocycles. The Hall–Kier alpha value is -0.130. The Kier molecular flexibility index (Phi) is 5.77. The summed E-state index contributed by atoms with van der Waals surface area (Å²) in [5.41, 5.74) is 0. The molecule has 0 saturated heterocycles. The van der Waals surface area contributed by atoms with E-state index >= 15 is 0 Å². The maximum Gasteiger partial charge on any atom is 0.156 e. The molecule has 1 unspecified atom stereocenters. The van der Waals surface area contributed by atoms with Crippen LogP contribution in [0.5, 0.6) is 0 Å². The third-order valence-corrected chi connectivity index (χ3v) is 4.83. The molecule has 0 fully saturated rings. The molecule has 1 atom stereocenters. The minimum atomic E-state index is -3.02. The molecule has 0 aliphatic rings. The van der Waals surface area contributed by atoms with E-state index in [9.17, 15) is 8.42 Å². The van der Waals surface area contributed by atoms with Gasteiger partial charge in [-0.15, -0.1) is 0 Å². The number of aliphatic hydroxyl groups is 1. The van der Waals surface area contributed by atoms with Gasteiger partial charge < -0.3 is 10.4 Å². The normalized spacial score (nSPS) is 15.3. The van der Waals surface area contributed by atoms with E-state index in [1.807, 2.05) is 0 Å². The van der Waals surface area contributed by atoms with Crippen LogP contribution in [-0.4, -0.2) is 43.2 Å². The number of sulfone groups is 1. The van der Waals surface area contributed by atoms with Crippen LogP contribution < -0.4 is 5.32 Å². The first-order valence-corrected chi connectivity index (χ1v) is 6.93. The fourth-order valence-corrected chi connectivity index (χ4v) is 1.97. The van der Waals surface area contributed by atoms with E-state index in [1.165, 1.54) is 0 Å². The Morgan fingerprint density at radius 1 is 1.27 bits per heavy atom. The first-order chi connectivity index (χ1) is 6.67. The lowest BCUT2D eigenvalue weighted by atomic mass is 10.3. The van der Waals surface area contributed by atoms with Crippen LogP contribution in [0.4, 0.5) is 0 Å². The first kappa shape index (κ1) is 14.9. The molecule has 0 spiro atoms. The molecule has 15 heavy (non-hydrogen) atoms. The highest BCUT2D eigenvalue weighted by atomic mass is 32.2. The van der Waals surface area contributed by atoms with Crippen molar-refractivity contribution in [2.24, 2.45) is 0 Å². The molecule has 2 N–H and O–H groups in total. The third kappa shape index (κ3) is 6.12. The molecule has 0 aromatic heterocycles. The van der Waals surface area contributed by atoms with Crippen LogP contribution in [0.3, 0.4) is 0 Å². The Labute approximate surface area is 93.0 Å². The van der Waals surface area contributed by atoms with Crippen molar-refractivity contribution in [2.45, 2.75) is 45.0 Å². The minimum Gasteiger partial charge on any atom is -0.393 e. The zero-order chi connectivity index (χ0) is 12.1. The molecule has 5 heteroatoms. The van der Waals surface area contributed by atoms with E-state index in [2.05, 4.69) is 5.32 Å². The molecule has 0 radical (unpaired) electrons. The lowest BCUT2D eigenvalue weighted by Gasteiger charge is -2.19. The smallest absolute Gasteiger partial charge is 0.156 e. The van der Waals surface area contributed by atoms with Gasteiger partial charge in [-0.2, -0.15) is 0 Å². The Balaban J connectivity index is 3.78. The molecule has 0 aliphatic heterocycles. The standard InChI is InChI=1S/C10H23NO3S/c1-9(12)5-6-11-7-8-15(13,14)10(2,3)4/h9,11-12H,5-8H2,1-4H3. The van der Waals surface area contributed by atoms with Crippen molar-refractivity contribution in [3.05, 3.63) is 0 Å². The van der Waals surface area contributed by atoms with Crippen LogP contribution in [-0.2, 0) is 9.84 Å². The number of aliphatic hydroxyl groups excluding tert-OH is 1. The fourth-order valence-electron chi connectivity index (χ4n) is 0.949. The zero-order valence-electron chi connectivity index (χ0n) is 10.1. The van der Waals surface area contributed by atoms with Crippen LogP contribution in [0.1, 0.15) is 34.1 Å². The minimum absolute atomic E-state index is 0.149. The number of hydrogen-bond donors (Lipinski definition) is 2. The van der Waals surface area contributed by atoms with Crippen LogP contribution >= 0.6 is 0 Å². The molecule has 0 heterocycles. The van der Waals surface area contributed by atoms with Crippen molar-refractivity contribution in [3.8, 4) is 0 Å². The predicted octanol–water partition coefficient (Wildman–Crippen LogP) is 0.560. The highest BCUT2D eigenvalue weighted by Crippen LogP contribution is 2.15. The average Bonchev–Trinajstić information content (AvgIpc) is 2.00. The van der Waals surface area contributed by atoms with E-state index in [0.717, 1.165) is 0 Å². The lowest BCUT2D eigenvalue weighted by molar-refractivity contribution is 0.184. The van der Waals surface area contributed by atoms with Crippen LogP contribution in [0.25, 0.3) is 0 Å². The largest absolute Gasteiger partial charge is 0.393 e. The van der Waals surface area contributed by atoms with Crippen molar-refractivity contribution in [2.75, 3.05) is 18.8 Å². The first-order valence-electron chi connectivity index (χ1n) is 5.28. The van der Waals surface area contributed by atoms with E-state index in [0.29, 0.717) is 19.5 Å². The second kappa shape index (κ2) is 5.82. The summed E-state index contributed by atoms with van der Waals surface area (Å²) in [6, 6.07) is 0. The molecule has 4 nitrogen and oxygen atoms in total. The second-order valence-corrected chi connectivity index (χ2v) is 7.68. The van der Waals surface area contributed by atoms with Crippen LogP contribution in [0, 0.1) is 0 Å². The van der Waals surface area contributed by atoms with Gasteiger partial charge in [0.2, 0.25) is 0 Å². The highest BCUT2D eigenvalue weighted by Gasteiger charge is 2.27. The topological polar surface area (TPSA) is 66.4 Å². The van der Waals surface area contributed by atoms with Crippen LogP contribution in [0.15, 0.2) is 0 Å². The third-order valence-electron chi connectivity index (χ3n) is 2.22. The molecule has 0 aliphatic carbocycles. The lowest BCUT2D eigenvalue weighted by Crippen LogP contribution is -2.35. The molecular formula is C10H23NO3S. The van der Waals surface area contributed by atoms with Gasteiger partial charge in [-0.3, -0.25) is 0 Å².